The number of aromatic amines is 1. The highest BCUT2D eigenvalue weighted by Gasteiger charge is 2.49. The first-order valence-corrected chi connectivity index (χ1v) is 15.1. The molecular weight excluding hydrogens is 510 g/mol. The number of carbonyl (C=O) groups excluding carboxylic acids is 1. The minimum Gasteiger partial charge on any atom is -0.496 e. The van der Waals surface area contributed by atoms with Crippen LogP contribution in [0.2, 0.25) is 0 Å². The lowest BCUT2D eigenvalue weighted by Crippen LogP contribution is -2.54. The van der Waals surface area contributed by atoms with Crippen LogP contribution in [-0.4, -0.2) is 59.5 Å². The summed E-state index contributed by atoms with van der Waals surface area (Å²) < 4.78 is 5.88. The minimum atomic E-state index is -0.277. The van der Waals surface area contributed by atoms with Crippen molar-refractivity contribution in [3.8, 4) is 11.8 Å². The Labute approximate surface area is 243 Å². The van der Waals surface area contributed by atoms with Gasteiger partial charge < -0.3 is 19.9 Å². The number of methoxy groups -OCH3 is 1. The van der Waals surface area contributed by atoms with Crippen LogP contribution in [0.1, 0.15) is 79.0 Å². The van der Waals surface area contributed by atoms with Gasteiger partial charge in [0.15, 0.2) is 0 Å². The summed E-state index contributed by atoms with van der Waals surface area (Å²) in [6, 6.07) is 15.3. The number of amides is 1. The smallest absolute Gasteiger partial charge is 0.251 e. The van der Waals surface area contributed by atoms with Crippen LogP contribution < -0.4 is 10.1 Å². The predicted molar refractivity (Wildman–Crippen MR) is 162 cm³/mol. The van der Waals surface area contributed by atoms with Crippen molar-refractivity contribution in [1.29, 1.82) is 5.26 Å². The molecule has 1 unspecified atom stereocenters. The van der Waals surface area contributed by atoms with E-state index in [1.54, 1.807) is 7.11 Å². The second kappa shape index (κ2) is 10.8. The number of carbonyl (C=O) groups is 1. The van der Waals surface area contributed by atoms with Gasteiger partial charge >= 0.3 is 0 Å². The van der Waals surface area contributed by atoms with Crippen LogP contribution in [-0.2, 0) is 6.54 Å². The van der Waals surface area contributed by atoms with E-state index >= 15 is 0 Å². The molecule has 7 nitrogen and oxygen atoms in total. The summed E-state index contributed by atoms with van der Waals surface area (Å²) in [6.45, 7) is 11.2. The molecule has 41 heavy (non-hydrogen) atoms. The van der Waals surface area contributed by atoms with Gasteiger partial charge in [-0.3, -0.25) is 9.69 Å². The first kappa shape index (κ1) is 27.8. The molecule has 1 aromatic heterocycles. The molecule has 0 radical (unpaired) electrons. The van der Waals surface area contributed by atoms with Crippen LogP contribution in [0.15, 0.2) is 42.6 Å². The van der Waals surface area contributed by atoms with Gasteiger partial charge in [0.05, 0.1) is 13.2 Å². The Bertz CT molecular complexity index is 1460. The maximum Gasteiger partial charge on any atom is 0.251 e. The first-order valence-electron chi connectivity index (χ1n) is 15.1. The van der Waals surface area contributed by atoms with E-state index in [4.69, 9.17) is 4.74 Å². The highest BCUT2D eigenvalue weighted by molar-refractivity contribution is 5.94. The van der Waals surface area contributed by atoms with Gasteiger partial charge in [0.1, 0.15) is 5.75 Å². The first-order chi connectivity index (χ1) is 19.7. The molecule has 2 saturated heterocycles. The molecule has 7 heteroatoms. The molecular formula is C34H43N5O2. The van der Waals surface area contributed by atoms with Gasteiger partial charge in [-0.2, -0.15) is 5.26 Å². The van der Waals surface area contributed by atoms with Crippen LogP contribution in [0.25, 0.3) is 10.9 Å². The van der Waals surface area contributed by atoms with Gasteiger partial charge in [0, 0.05) is 58.8 Å². The van der Waals surface area contributed by atoms with Gasteiger partial charge in [0.25, 0.3) is 5.91 Å². The number of nitrogens with zero attached hydrogens (tertiary/aromatic N) is 3. The molecule has 2 aliphatic heterocycles. The molecule has 3 aliphatic rings. The third-order valence-electron chi connectivity index (χ3n) is 9.81. The van der Waals surface area contributed by atoms with E-state index < -0.39 is 0 Å². The number of nitrogens with one attached hydrogen (secondary N) is 2. The summed E-state index contributed by atoms with van der Waals surface area (Å²) in [5, 5.41) is 14.0. The number of hydrogen-bond acceptors (Lipinski definition) is 5. The standard InChI is InChI=1S/C34H43N5O2/c1-23-16-30(41-4)28(27-10-12-36-31(23)27)21-39-15-11-34(17-24(18-34)20-35)19-29(39)25-6-8-26(9-7-25)32(40)37-33(2,3)22-38-13-5-14-38/h6-10,12,16,24,29,36H,5,11,13-15,17-19,21-22H2,1-4H3,(H,37,40). The van der Waals surface area contributed by atoms with Crippen molar-refractivity contribution in [3.05, 3.63) is 64.8 Å². The summed E-state index contributed by atoms with van der Waals surface area (Å²) in [4.78, 5) is 21.6. The van der Waals surface area contributed by atoms with Crippen LogP contribution in [0.4, 0.5) is 0 Å². The Morgan fingerprint density at radius 1 is 1.17 bits per heavy atom. The lowest BCUT2D eigenvalue weighted by Gasteiger charge is -2.53. The number of aryl methyl sites for hydroxylation is 1. The van der Waals surface area contributed by atoms with Crippen molar-refractivity contribution < 1.29 is 9.53 Å². The monoisotopic (exact) mass is 553 g/mol. The average molecular weight is 554 g/mol. The molecule has 6 rings (SSSR count). The van der Waals surface area contributed by atoms with Gasteiger partial charge in [-0.05, 0) is 113 Å². The Morgan fingerprint density at radius 2 is 1.93 bits per heavy atom. The van der Waals surface area contributed by atoms with Gasteiger partial charge in [-0.1, -0.05) is 12.1 Å². The SMILES string of the molecule is COc1cc(C)c2[nH]ccc2c1CN1CCC2(CC(C#N)C2)CC1c1ccc(C(=O)NC(C)(C)CN2CCC2)cc1. The number of nitriles is 1. The number of piperidine rings is 1. The van der Waals surface area contributed by atoms with E-state index in [0.29, 0.717) is 5.56 Å². The number of rotatable bonds is 8. The third-order valence-corrected chi connectivity index (χ3v) is 9.81. The molecule has 1 amide bonds. The fraction of sp³-hybridized carbons (Fsp3) is 0.529. The Hall–Kier alpha value is -3.34. The molecule has 1 saturated carbocycles. The molecule has 3 heterocycles. The van der Waals surface area contributed by atoms with Crippen LogP contribution in [0.5, 0.6) is 5.75 Å². The maximum atomic E-state index is 13.2. The number of ether oxygens (including phenoxy) is 1. The van der Waals surface area contributed by atoms with E-state index in [9.17, 15) is 10.1 Å². The van der Waals surface area contributed by atoms with E-state index in [-0.39, 0.29) is 28.8 Å². The third kappa shape index (κ3) is 5.48. The number of hydrogen-bond donors (Lipinski definition) is 2. The molecule has 3 fully saturated rings. The van der Waals surface area contributed by atoms with Crippen molar-refractivity contribution in [1.82, 2.24) is 20.1 Å². The zero-order chi connectivity index (χ0) is 28.8. The number of aromatic nitrogens is 1. The van der Waals surface area contributed by atoms with Gasteiger partial charge in [-0.25, -0.2) is 0 Å². The van der Waals surface area contributed by atoms with Crippen molar-refractivity contribution in [2.24, 2.45) is 11.3 Å². The average Bonchev–Trinajstić information content (AvgIpc) is 3.42. The molecule has 2 aromatic carbocycles. The van der Waals surface area contributed by atoms with Crippen LogP contribution >= 0.6 is 0 Å². The maximum absolute atomic E-state index is 13.2. The normalized spacial score (nSPS) is 25.0. The number of fused-ring (bicyclic) bond motifs is 1. The topological polar surface area (TPSA) is 84.4 Å². The molecule has 216 valence electrons. The summed E-state index contributed by atoms with van der Waals surface area (Å²) >= 11 is 0. The second-order valence-electron chi connectivity index (χ2n) is 13.4. The van der Waals surface area contributed by atoms with E-state index in [1.807, 2.05) is 18.3 Å². The molecule has 1 aliphatic carbocycles. The molecule has 2 N–H and O–H groups in total. The zero-order valence-electron chi connectivity index (χ0n) is 24.9. The summed E-state index contributed by atoms with van der Waals surface area (Å²) in [5.74, 6) is 1.09. The molecule has 0 bridgehead atoms. The lowest BCUT2D eigenvalue weighted by atomic mass is 9.56. The highest BCUT2D eigenvalue weighted by atomic mass is 16.5. The molecule has 3 aromatic rings. The molecule has 1 spiro atoms. The molecule has 1 atom stereocenters. The minimum absolute atomic E-state index is 0.0193. The van der Waals surface area contributed by atoms with Crippen LogP contribution in [0, 0.1) is 29.6 Å². The Balaban J connectivity index is 1.25. The van der Waals surface area contributed by atoms with E-state index in [0.717, 1.165) is 69.7 Å². The van der Waals surface area contributed by atoms with Crippen molar-refractivity contribution in [2.75, 3.05) is 33.3 Å². The Morgan fingerprint density at radius 3 is 2.59 bits per heavy atom. The van der Waals surface area contributed by atoms with Crippen molar-refractivity contribution in [2.45, 2.75) is 71.0 Å². The quantitative estimate of drug-likeness (QED) is 0.360. The summed E-state index contributed by atoms with van der Waals surface area (Å²) in [7, 11) is 1.75. The van der Waals surface area contributed by atoms with Crippen molar-refractivity contribution in [3.63, 3.8) is 0 Å². The predicted octanol–water partition coefficient (Wildman–Crippen LogP) is 5.96. The Kier molecular flexibility index (Phi) is 7.33. The largest absolute Gasteiger partial charge is 0.496 e. The lowest BCUT2D eigenvalue weighted by molar-refractivity contribution is -0.0298. The van der Waals surface area contributed by atoms with E-state index in [2.05, 4.69) is 71.2 Å². The van der Waals surface area contributed by atoms with E-state index in [1.165, 1.54) is 28.5 Å². The number of H-pyrrole nitrogens is 1. The summed E-state index contributed by atoms with van der Waals surface area (Å²) in [6.07, 6.45) is 7.39. The fourth-order valence-electron chi connectivity index (χ4n) is 7.50. The number of benzene rings is 2. The number of likely N-dealkylation sites (tertiary alicyclic amines) is 2. The summed E-state index contributed by atoms with van der Waals surface area (Å²) in [5.41, 5.74) is 5.44. The fourth-order valence-corrected chi connectivity index (χ4v) is 7.50. The van der Waals surface area contributed by atoms with Gasteiger partial charge in [-0.15, -0.1) is 0 Å². The second-order valence-corrected chi connectivity index (χ2v) is 13.4. The van der Waals surface area contributed by atoms with Gasteiger partial charge in [0.2, 0.25) is 0 Å². The van der Waals surface area contributed by atoms with Crippen molar-refractivity contribution >= 4 is 16.8 Å². The van der Waals surface area contributed by atoms with Crippen LogP contribution in [0.3, 0.4) is 0 Å². The zero-order valence-corrected chi connectivity index (χ0v) is 24.9. The highest BCUT2D eigenvalue weighted by Crippen LogP contribution is 2.56.